The Balaban J connectivity index is 1.28. The number of hydrogen-bond donors (Lipinski definition) is 0. The molecular weight excluding hydrogens is 611 g/mol. The molecule has 11 rings (SSSR count). The van der Waals surface area contributed by atoms with Crippen LogP contribution in [0, 0.1) is 0 Å². The van der Waals surface area contributed by atoms with E-state index in [0.717, 1.165) is 71.6 Å². The summed E-state index contributed by atoms with van der Waals surface area (Å²) in [6.45, 7) is 0. The number of aromatic nitrogens is 3. The van der Waals surface area contributed by atoms with Gasteiger partial charge in [0.2, 0.25) is 5.95 Å². The Labute approximate surface area is 286 Å². The third-order valence-corrected chi connectivity index (χ3v) is 10.2. The van der Waals surface area contributed by atoms with Crippen LogP contribution in [0.1, 0.15) is 0 Å². The van der Waals surface area contributed by atoms with Crippen molar-refractivity contribution in [1.29, 1.82) is 0 Å². The van der Waals surface area contributed by atoms with E-state index in [1.807, 2.05) is 12.1 Å². The van der Waals surface area contributed by atoms with Crippen molar-refractivity contribution in [1.82, 2.24) is 14.5 Å². The maximum absolute atomic E-state index is 6.40. The fourth-order valence-electron chi connectivity index (χ4n) is 7.97. The summed E-state index contributed by atoms with van der Waals surface area (Å²) in [5, 5.41) is 10.4. The van der Waals surface area contributed by atoms with Crippen LogP contribution in [0.2, 0.25) is 0 Å². The van der Waals surface area contributed by atoms with E-state index in [1.54, 1.807) is 0 Å². The average molecular weight is 638 g/mol. The minimum atomic E-state index is 0.645. The van der Waals surface area contributed by atoms with Crippen molar-refractivity contribution < 1.29 is 4.42 Å². The lowest BCUT2D eigenvalue weighted by molar-refractivity contribution is 0.669. The van der Waals surface area contributed by atoms with Crippen LogP contribution in [0.25, 0.3) is 105 Å². The molecule has 3 heterocycles. The largest absolute Gasteiger partial charge is 0.456 e. The van der Waals surface area contributed by atoms with Crippen molar-refractivity contribution in [3.05, 3.63) is 164 Å². The molecule has 0 spiro atoms. The molecule has 0 saturated carbocycles. The van der Waals surface area contributed by atoms with Crippen LogP contribution in [-0.2, 0) is 0 Å². The molecule has 0 atom stereocenters. The van der Waals surface area contributed by atoms with Crippen molar-refractivity contribution >= 4 is 76.2 Å². The molecule has 3 aromatic heterocycles. The molecule has 0 aliphatic carbocycles. The van der Waals surface area contributed by atoms with Crippen LogP contribution in [0.5, 0.6) is 0 Å². The molecule has 0 bridgehead atoms. The van der Waals surface area contributed by atoms with Crippen LogP contribution in [0.4, 0.5) is 0 Å². The normalized spacial score (nSPS) is 12.0. The van der Waals surface area contributed by atoms with E-state index in [1.165, 1.54) is 26.9 Å². The smallest absolute Gasteiger partial charge is 0.235 e. The van der Waals surface area contributed by atoms with Gasteiger partial charge in [-0.25, -0.2) is 9.97 Å². The molecule has 11 aromatic rings. The van der Waals surface area contributed by atoms with Gasteiger partial charge in [0.15, 0.2) is 0 Å². The number of furan rings is 1. The fourth-order valence-corrected chi connectivity index (χ4v) is 7.97. The monoisotopic (exact) mass is 637 g/mol. The maximum atomic E-state index is 6.40. The van der Waals surface area contributed by atoms with Gasteiger partial charge in [-0.3, -0.25) is 4.57 Å². The summed E-state index contributed by atoms with van der Waals surface area (Å²) in [4.78, 5) is 10.7. The SMILES string of the molecule is c1ccc(-c2nc(-n3c4ccc5ccccc5c4c4cccc(-c5ccc6oc7ccc8ccccc8c7c6c5)c43)nc3ccccc23)cc1. The van der Waals surface area contributed by atoms with E-state index in [2.05, 4.69) is 156 Å². The van der Waals surface area contributed by atoms with Crippen LogP contribution in [0.15, 0.2) is 168 Å². The van der Waals surface area contributed by atoms with E-state index < -0.39 is 0 Å². The van der Waals surface area contributed by atoms with Gasteiger partial charge in [0.1, 0.15) is 11.2 Å². The van der Waals surface area contributed by atoms with Crippen LogP contribution >= 0.6 is 0 Å². The first-order valence-electron chi connectivity index (χ1n) is 16.9. The zero-order valence-corrected chi connectivity index (χ0v) is 26.8. The highest BCUT2D eigenvalue weighted by molar-refractivity contribution is 6.24. The summed E-state index contributed by atoms with van der Waals surface area (Å²) in [7, 11) is 0. The lowest BCUT2D eigenvalue weighted by Gasteiger charge is -2.13. The second kappa shape index (κ2) is 10.4. The number of hydrogen-bond acceptors (Lipinski definition) is 3. The van der Waals surface area contributed by atoms with Gasteiger partial charge in [-0.05, 0) is 57.4 Å². The Bertz CT molecular complexity index is 3150. The topological polar surface area (TPSA) is 43.9 Å². The highest BCUT2D eigenvalue weighted by Gasteiger charge is 2.22. The van der Waals surface area contributed by atoms with Gasteiger partial charge < -0.3 is 4.42 Å². The van der Waals surface area contributed by atoms with Crippen molar-refractivity contribution in [3.8, 4) is 28.3 Å². The van der Waals surface area contributed by atoms with E-state index >= 15 is 0 Å². The highest BCUT2D eigenvalue weighted by atomic mass is 16.3. The summed E-state index contributed by atoms with van der Waals surface area (Å²) < 4.78 is 8.68. The Morgan fingerprint density at radius 2 is 1.12 bits per heavy atom. The molecule has 4 heteroatoms. The van der Waals surface area contributed by atoms with Crippen LogP contribution in [0.3, 0.4) is 0 Å². The van der Waals surface area contributed by atoms with Crippen molar-refractivity contribution in [2.75, 3.05) is 0 Å². The second-order valence-corrected chi connectivity index (χ2v) is 12.9. The molecule has 0 radical (unpaired) electrons. The highest BCUT2D eigenvalue weighted by Crippen LogP contribution is 2.43. The van der Waals surface area contributed by atoms with Gasteiger partial charge in [0.25, 0.3) is 0 Å². The maximum Gasteiger partial charge on any atom is 0.235 e. The standard InChI is InChI=1S/C46H27N3O/c1-2-13-30(14-3-1)44-35-17-8-9-20-38(35)47-46(48-44)49-39-24-21-28-11-4-6-15-32(28)42(39)36-19-10-18-34(45(36)49)31-23-25-40-37(27-31)43-33-16-7-5-12-29(33)22-26-41(43)50-40/h1-27H. The molecule has 232 valence electrons. The number of benzene rings is 8. The summed E-state index contributed by atoms with van der Waals surface area (Å²) in [5.41, 5.74) is 9.01. The molecule has 0 fully saturated rings. The zero-order chi connectivity index (χ0) is 32.8. The first kappa shape index (κ1) is 27.2. The van der Waals surface area contributed by atoms with Gasteiger partial charge >= 0.3 is 0 Å². The number of fused-ring (bicyclic) bond motifs is 11. The third-order valence-electron chi connectivity index (χ3n) is 10.2. The van der Waals surface area contributed by atoms with Crippen molar-refractivity contribution in [3.63, 3.8) is 0 Å². The summed E-state index contributed by atoms with van der Waals surface area (Å²) >= 11 is 0. The van der Waals surface area contributed by atoms with Crippen LogP contribution < -0.4 is 0 Å². The summed E-state index contributed by atoms with van der Waals surface area (Å²) in [6.07, 6.45) is 0. The minimum Gasteiger partial charge on any atom is -0.456 e. The van der Waals surface area contributed by atoms with Crippen molar-refractivity contribution in [2.45, 2.75) is 0 Å². The van der Waals surface area contributed by atoms with Gasteiger partial charge in [0.05, 0.1) is 22.2 Å². The molecule has 0 N–H and O–H groups in total. The van der Waals surface area contributed by atoms with E-state index in [-0.39, 0.29) is 0 Å². The average Bonchev–Trinajstić information content (AvgIpc) is 3.74. The third kappa shape index (κ3) is 3.87. The van der Waals surface area contributed by atoms with Crippen molar-refractivity contribution in [2.24, 2.45) is 0 Å². The quantitative estimate of drug-likeness (QED) is 0.194. The Kier molecular flexibility index (Phi) is 5.63. The van der Waals surface area contributed by atoms with Gasteiger partial charge in [-0.1, -0.05) is 133 Å². The first-order chi connectivity index (χ1) is 24.8. The Morgan fingerprint density at radius 1 is 0.440 bits per heavy atom. The molecule has 50 heavy (non-hydrogen) atoms. The van der Waals surface area contributed by atoms with Crippen LogP contribution in [-0.4, -0.2) is 14.5 Å². The molecule has 0 amide bonds. The molecule has 0 saturated heterocycles. The van der Waals surface area contributed by atoms with E-state index in [4.69, 9.17) is 14.4 Å². The number of nitrogens with zero attached hydrogens (tertiary/aromatic N) is 3. The number of para-hydroxylation sites is 2. The molecule has 0 aliphatic heterocycles. The lowest BCUT2D eigenvalue weighted by Crippen LogP contribution is -2.04. The molecule has 0 unspecified atom stereocenters. The lowest BCUT2D eigenvalue weighted by atomic mass is 9.97. The second-order valence-electron chi connectivity index (χ2n) is 12.9. The van der Waals surface area contributed by atoms with E-state index in [9.17, 15) is 0 Å². The summed E-state index contributed by atoms with van der Waals surface area (Å²) in [5.74, 6) is 0.645. The Hall–Kier alpha value is -6.78. The first-order valence-corrected chi connectivity index (χ1v) is 16.9. The molecule has 8 aromatic carbocycles. The minimum absolute atomic E-state index is 0.645. The summed E-state index contributed by atoms with van der Waals surface area (Å²) in [6, 6.07) is 57.8. The van der Waals surface area contributed by atoms with Gasteiger partial charge in [0, 0.05) is 38.1 Å². The fraction of sp³-hybridized carbons (Fsp3) is 0. The predicted molar refractivity (Wildman–Crippen MR) is 207 cm³/mol. The van der Waals surface area contributed by atoms with Gasteiger partial charge in [-0.15, -0.1) is 0 Å². The molecule has 0 aliphatic rings. The van der Waals surface area contributed by atoms with E-state index in [0.29, 0.717) is 5.95 Å². The van der Waals surface area contributed by atoms with Gasteiger partial charge in [-0.2, -0.15) is 0 Å². The molecule has 4 nitrogen and oxygen atoms in total. The predicted octanol–water partition coefficient (Wildman–Crippen LogP) is 12.3. The number of rotatable bonds is 3. The Morgan fingerprint density at radius 3 is 1.96 bits per heavy atom. The molecular formula is C46H27N3O. The zero-order valence-electron chi connectivity index (χ0n) is 26.8.